The molecule has 3 rings (SSSR count). The third kappa shape index (κ3) is 5.72. The molecule has 0 N–H and O–H groups in total. The minimum atomic E-state index is 0. The molecular formula is C15H12NV5-. The molecular weight excluding hydrogens is 449 g/mol. The van der Waals surface area contributed by atoms with Crippen LogP contribution >= 0.6 is 0 Å². The van der Waals surface area contributed by atoms with Gasteiger partial charge in [0.2, 0.25) is 0 Å². The van der Waals surface area contributed by atoms with E-state index < -0.39 is 0 Å². The van der Waals surface area contributed by atoms with Crippen LogP contribution in [-0.2, 0) is 92.8 Å². The number of hydrogen-bond donors (Lipinski definition) is 0. The Hall–Kier alpha value is 0.772. The molecule has 0 aliphatic rings. The molecule has 0 fully saturated rings. The standard InChI is InChI=1S/C15H12N.5V/c1-12-11-16-10-6-5-9-14(16)15(12)13-7-3-2-4-8-13;;;;;/h2-11H,1H2;;;;;/q-1;;;;;. The van der Waals surface area contributed by atoms with Crippen LogP contribution in [0, 0.1) is 6.92 Å². The molecule has 0 bridgehead atoms. The molecule has 0 aliphatic carbocycles. The monoisotopic (exact) mass is 461 g/mol. The minimum absolute atomic E-state index is 0. The van der Waals surface area contributed by atoms with E-state index in [-0.39, 0.29) is 92.8 Å². The molecule has 0 spiro atoms. The van der Waals surface area contributed by atoms with Crippen molar-refractivity contribution in [1.29, 1.82) is 0 Å². The SMILES string of the molecule is [CH2-]c1cn2ccccc2c1-c1ccccc1.[V].[V].[V].[V].[V]. The quantitative estimate of drug-likeness (QED) is 0.487. The van der Waals surface area contributed by atoms with Gasteiger partial charge in [-0.2, -0.15) is 12.5 Å². The average Bonchev–Trinajstić information content (AvgIpc) is 2.66. The second-order valence-electron chi connectivity index (χ2n) is 3.89. The molecule has 0 amide bonds. The van der Waals surface area contributed by atoms with E-state index in [1.807, 2.05) is 12.1 Å². The summed E-state index contributed by atoms with van der Waals surface area (Å²) in [7, 11) is 0. The van der Waals surface area contributed by atoms with Crippen molar-refractivity contribution < 1.29 is 92.8 Å². The van der Waals surface area contributed by atoms with Gasteiger partial charge in [0.1, 0.15) is 0 Å². The van der Waals surface area contributed by atoms with Crippen LogP contribution in [0.3, 0.4) is 0 Å². The Kier molecular flexibility index (Phi) is 15.5. The zero-order chi connectivity index (χ0) is 11.0. The maximum atomic E-state index is 4.11. The van der Waals surface area contributed by atoms with Crippen LogP contribution in [0.1, 0.15) is 5.56 Å². The summed E-state index contributed by atoms with van der Waals surface area (Å²) in [4.78, 5) is 0. The molecule has 0 saturated carbocycles. The normalized spacial score (nSPS) is 8.19. The van der Waals surface area contributed by atoms with Crippen LogP contribution in [-0.4, -0.2) is 4.40 Å². The summed E-state index contributed by atoms with van der Waals surface area (Å²) < 4.78 is 2.12. The van der Waals surface area contributed by atoms with Crippen LogP contribution in [0.15, 0.2) is 60.9 Å². The molecule has 3 aromatic rings. The van der Waals surface area contributed by atoms with Crippen LogP contribution in [0.5, 0.6) is 0 Å². The zero-order valence-corrected chi connectivity index (χ0v) is 18.1. The van der Waals surface area contributed by atoms with Gasteiger partial charge >= 0.3 is 0 Å². The summed E-state index contributed by atoms with van der Waals surface area (Å²) in [6.07, 6.45) is 4.12. The van der Waals surface area contributed by atoms with Gasteiger partial charge in [-0.25, -0.2) is 0 Å². The fraction of sp³-hybridized carbons (Fsp3) is 0. The van der Waals surface area contributed by atoms with Crippen molar-refractivity contribution in [3.05, 3.63) is 73.4 Å². The number of nitrogens with zero attached hydrogens (tertiary/aromatic N) is 1. The topological polar surface area (TPSA) is 4.41 Å². The third-order valence-corrected chi connectivity index (χ3v) is 2.82. The fourth-order valence-electron chi connectivity index (χ4n) is 2.12. The number of pyridine rings is 1. The van der Waals surface area contributed by atoms with E-state index >= 15 is 0 Å². The van der Waals surface area contributed by atoms with Crippen molar-refractivity contribution in [2.75, 3.05) is 0 Å². The van der Waals surface area contributed by atoms with Gasteiger partial charge in [-0.1, -0.05) is 59.8 Å². The van der Waals surface area contributed by atoms with Crippen LogP contribution in [0.25, 0.3) is 16.6 Å². The van der Waals surface area contributed by atoms with Crippen LogP contribution < -0.4 is 0 Å². The van der Waals surface area contributed by atoms with Crippen molar-refractivity contribution >= 4 is 5.52 Å². The molecule has 21 heavy (non-hydrogen) atoms. The summed E-state index contributed by atoms with van der Waals surface area (Å²) in [5, 5.41) is 0. The zero-order valence-electron chi connectivity index (χ0n) is 11.2. The molecule has 5 radical (unpaired) electrons. The van der Waals surface area contributed by atoms with Gasteiger partial charge in [0.15, 0.2) is 0 Å². The van der Waals surface area contributed by atoms with Gasteiger partial charge in [0.25, 0.3) is 0 Å². The predicted octanol–water partition coefficient (Wildman–Crippen LogP) is 3.78. The van der Waals surface area contributed by atoms with Gasteiger partial charge in [0.05, 0.1) is 0 Å². The van der Waals surface area contributed by atoms with E-state index in [4.69, 9.17) is 0 Å². The average molecular weight is 461 g/mol. The van der Waals surface area contributed by atoms with Gasteiger partial charge in [-0.3, -0.25) is 0 Å². The Labute approximate surface area is 185 Å². The van der Waals surface area contributed by atoms with Crippen molar-refractivity contribution in [3.8, 4) is 11.1 Å². The van der Waals surface area contributed by atoms with E-state index in [2.05, 4.69) is 60.1 Å². The van der Waals surface area contributed by atoms with Crippen molar-refractivity contribution in [1.82, 2.24) is 4.40 Å². The maximum absolute atomic E-state index is 4.11. The van der Waals surface area contributed by atoms with Gasteiger partial charge in [-0.15, -0.1) is 0 Å². The van der Waals surface area contributed by atoms with Crippen molar-refractivity contribution in [2.45, 2.75) is 0 Å². The van der Waals surface area contributed by atoms with Gasteiger partial charge in [-0.05, 0) is 17.8 Å². The first kappa shape index (κ1) is 26.7. The van der Waals surface area contributed by atoms with E-state index in [0.717, 1.165) is 5.56 Å². The summed E-state index contributed by atoms with van der Waals surface area (Å²) in [5.41, 5.74) is 4.72. The summed E-state index contributed by atoms with van der Waals surface area (Å²) in [6.45, 7) is 4.11. The number of aromatic nitrogens is 1. The largest absolute Gasteiger partial charge is 0.387 e. The molecule has 103 valence electrons. The minimum Gasteiger partial charge on any atom is -0.387 e. The Balaban J connectivity index is -0.000000648. The molecule has 1 nitrogen and oxygen atoms in total. The fourth-order valence-corrected chi connectivity index (χ4v) is 2.12. The van der Waals surface area contributed by atoms with Gasteiger partial charge in [0, 0.05) is 92.8 Å². The molecule has 1 aromatic carbocycles. The molecule has 0 saturated heterocycles. The summed E-state index contributed by atoms with van der Waals surface area (Å²) >= 11 is 0. The molecule has 2 aromatic heterocycles. The summed E-state index contributed by atoms with van der Waals surface area (Å²) in [6, 6.07) is 16.6. The molecule has 6 heteroatoms. The Morgan fingerprint density at radius 1 is 0.714 bits per heavy atom. The predicted molar refractivity (Wildman–Crippen MR) is 67.3 cm³/mol. The number of rotatable bonds is 1. The Bertz CT molecular complexity index is 637. The smallest absolute Gasteiger partial charge is 0 e. The van der Waals surface area contributed by atoms with E-state index in [0.29, 0.717) is 0 Å². The van der Waals surface area contributed by atoms with Crippen molar-refractivity contribution in [2.24, 2.45) is 0 Å². The maximum Gasteiger partial charge on any atom is 0 e. The second kappa shape index (κ2) is 12.2. The second-order valence-corrected chi connectivity index (χ2v) is 3.89. The first-order valence-electron chi connectivity index (χ1n) is 5.33. The van der Waals surface area contributed by atoms with E-state index in [9.17, 15) is 0 Å². The van der Waals surface area contributed by atoms with Crippen LogP contribution in [0.4, 0.5) is 0 Å². The molecule has 0 atom stereocenters. The Morgan fingerprint density at radius 3 is 1.90 bits per heavy atom. The molecule has 2 heterocycles. The number of benzene rings is 1. The number of hydrogen-bond acceptors (Lipinski definition) is 0. The van der Waals surface area contributed by atoms with Crippen LogP contribution in [0.2, 0.25) is 0 Å². The van der Waals surface area contributed by atoms with Gasteiger partial charge < -0.3 is 4.40 Å². The molecule has 0 unspecified atom stereocenters. The first-order chi connectivity index (χ1) is 7.86. The first-order valence-corrected chi connectivity index (χ1v) is 5.33. The van der Waals surface area contributed by atoms with E-state index in [1.54, 1.807) is 0 Å². The summed E-state index contributed by atoms with van der Waals surface area (Å²) in [5.74, 6) is 0. The number of fused-ring (bicyclic) bond motifs is 1. The Morgan fingerprint density at radius 2 is 1.29 bits per heavy atom. The van der Waals surface area contributed by atoms with E-state index in [1.165, 1.54) is 16.6 Å². The third-order valence-electron chi connectivity index (χ3n) is 2.82. The molecule has 0 aliphatic heterocycles. The van der Waals surface area contributed by atoms with Crippen molar-refractivity contribution in [3.63, 3.8) is 0 Å².